The molecule has 0 bridgehead atoms. The normalized spacial score (nSPS) is 14.1. The predicted octanol–water partition coefficient (Wildman–Crippen LogP) is 11.6. The van der Waals surface area contributed by atoms with Gasteiger partial charge in [-0.05, 0) is 142 Å². The average Bonchev–Trinajstić information content (AvgIpc) is 1.66. The van der Waals surface area contributed by atoms with Crippen LogP contribution in [0.15, 0.2) is 196 Å². The summed E-state index contributed by atoms with van der Waals surface area (Å²) in [5, 5.41) is 16.0. The number of amides is 8. The number of hydrogen-bond donors (Lipinski definition) is 10. The highest BCUT2D eigenvalue weighted by Crippen LogP contribution is 2.37. The van der Waals surface area contributed by atoms with Crippen molar-refractivity contribution in [1.82, 2.24) is 139 Å². The van der Waals surface area contributed by atoms with Gasteiger partial charge in [-0.25, -0.2) is 84.0 Å². The first-order chi connectivity index (χ1) is 64.9. The van der Waals surface area contributed by atoms with Crippen LogP contribution in [0.1, 0.15) is 51.2 Å². The van der Waals surface area contributed by atoms with Crippen molar-refractivity contribution in [1.29, 1.82) is 0 Å². The van der Waals surface area contributed by atoms with E-state index >= 15 is 0 Å². The number of anilines is 4. The Morgan fingerprint density at radius 2 is 0.774 bits per heavy atom. The molecule has 3 aliphatic heterocycles. The molecule has 1 atom stereocenters. The number of aromatic amines is 4. The summed E-state index contributed by atoms with van der Waals surface area (Å²) >= 11 is 0. The van der Waals surface area contributed by atoms with Crippen LogP contribution in [0.25, 0.3) is 129 Å². The van der Waals surface area contributed by atoms with Gasteiger partial charge in [0.15, 0.2) is 23.3 Å². The number of nitrogens with one attached hydrogen (secondary N) is 10. The van der Waals surface area contributed by atoms with Crippen molar-refractivity contribution in [3.8, 4) is 84.6 Å². The fourth-order valence-electron chi connectivity index (χ4n) is 15.1. The Bertz CT molecular complexity index is 6520. The summed E-state index contributed by atoms with van der Waals surface area (Å²) in [4.78, 5) is 166. The zero-order valence-corrected chi connectivity index (χ0v) is 73.9. The number of piperazine rings is 2. The van der Waals surface area contributed by atoms with Crippen LogP contribution in [-0.2, 0) is 43.4 Å². The van der Waals surface area contributed by atoms with Crippen LogP contribution in [0, 0.1) is 0 Å². The quantitative estimate of drug-likeness (QED) is 0.0284. The minimum atomic E-state index is -0.587. The lowest BCUT2D eigenvalue weighted by atomic mass is 10.0. The maximum absolute atomic E-state index is 12.0. The van der Waals surface area contributed by atoms with Crippen molar-refractivity contribution in [3.63, 3.8) is 0 Å². The number of aromatic nitrogens is 21. The van der Waals surface area contributed by atoms with Gasteiger partial charge in [-0.1, -0.05) is 18.2 Å². The summed E-state index contributed by atoms with van der Waals surface area (Å²) in [6.07, 6.45) is 24.4. The lowest BCUT2D eigenvalue weighted by Crippen LogP contribution is -2.48. The summed E-state index contributed by atoms with van der Waals surface area (Å²) in [7, 11) is 5.43. The molecule has 3 aliphatic rings. The highest BCUT2D eigenvalue weighted by molar-refractivity contribution is 6.01. The van der Waals surface area contributed by atoms with E-state index in [2.05, 4.69) is 153 Å². The lowest BCUT2D eigenvalue weighted by molar-refractivity contribution is -0.135. The fraction of sp³-hybridized carbons (Fsp3) is 0.261. The number of ether oxygens (including phenoxy) is 3. The molecule has 10 N–H and O–H groups in total. The number of rotatable bonds is 23. The highest BCUT2D eigenvalue weighted by Gasteiger charge is 2.27. The number of pyridine rings is 3. The Balaban J connectivity index is 0.000000130. The number of likely N-dealkylation sites (N-methyl/N-ethyl adjacent to an activating group) is 2. The van der Waals surface area contributed by atoms with Gasteiger partial charge in [0.1, 0.15) is 22.1 Å². The number of hydrogen-bond acceptors (Lipinski definition) is 28. The van der Waals surface area contributed by atoms with Gasteiger partial charge in [-0.3, -0.25) is 60.5 Å². The molecular weight excluding hydrogens is 1700 g/mol. The van der Waals surface area contributed by atoms with Gasteiger partial charge >= 0.3 is 24.2 Å². The molecule has 0 radical (unpaired) electrons. The molecule has 133 heavy (non-hydrogen) atoms. The van der Waals surface area contributed by atoms with Crippen LogP contribution in [0.3, 0.4) is 0 Å². The fourth-order valence-corrected chi connectivity index (χ4v) is 15.1. The maximum atomic E-state index is 12.0. The van der Waals surface area contributed by atoms with E-state index in [9.17, 15) is 28.8 Å². The average molecular weight is 1790 g/mol. The van der Waals surface area contributed by atoms with Crippen LogP contribution in [0.2, 0.25) is 0 Å². The van der Waals surface area contributed by atoms with Gasteiger partial charge in [-0.2, -0.15) is 0 Å². The number of nitrogens with zero attached hydrogens (tertiary/aromatic N) is 22. The molecule has 16 aromatic rings. The largest absolute Gasteiger partial charge is 0.450 e. The third-order valence-electron chi connectivity index (χ3n) is 21.8. The molecule has 19 rings (SSSR count). The second-order valence-electron chi connectivity index (χ2n) is 31.0. The zero-order valence-electron chi connectivity index (χ0n) is 73.9. The first kappa shape index (κ1) is 90.0. The molecule has 0 spiro atoms. The predicted molar refractivity (Wildman–Crippen MR) is 498 cm³/mol. The SMILES string of the molecule is CCNC(=O)Nc1nc2c(-c3ncccn3)cc(-c3ccc(CN4CCN(C)C(=O)C4)nc3)cc2[nH]1.CCNC(=O)Nc1nc2c(-c3ncccn3)cc(-c3ccc(CN4CC[C@@H](OC)C4)nc3)cc2[nH]1.CCOC(=O)Nc1nc2c(-c3ncccn3)cc(-c3ccc(CN4CCN(C)C(=O)C4)nc3)cc2[nH]1.CCOC(=O)Nc1nc2c(-c3ncccn3)cc(-n3ccnc3)cc2[nH]1. The van der Waals surface area contributed by atoms with E-state index in [1.165, 1.54) is 0 Å². The van der Waals surface area contributed by atoms with Crippen LogP contribution in [0.5, 0.6) is 0 Å². The Labute approximate surface area is 761 Å². The van der Waals surface area contributed by atoms with Crippen LogP contribution >= 0.6 is 0 Å². The second-order valence-corrected chi connectivity index (χ2v) is 31.0. The number of carbonyl (C=O) groups is 6. The zero-order chi connectivity index (χ0) is 92.3. The first-order valence-electron chi connectivity index (χ1n) is 43.1. The molecule has 4 aromatic carbocycles. The number of benzene rings is 4. The number of carbonyl (C=O) groups excluding carboxylic acids is 6. The van der Waals surface area contributed by atoms with E-state index < -0.39 is 12.2 Å². The van der Waals surface area contributed by atoms with E-state index in [-0.39, 0.29) is 43.0 Å². The molecule has 0 aliphatic carbocycles. The Morgan fingerprint density at radius 3 is 1.10 bits per heavy atom. The molecule has 678 valence electrons. The smallest absolute Gasteiger partial charge is 0.413 e. The molecule has 0 unspecified atom stereocenters. The van der Waals surface area contributed by atoms with Crippen molar-refractivity contribution in [2.24, 2.45) is 0 Å². The standard InChI is InChI=1S/C25H27N9O2.C25H26N8O3.C25H28N8O2.C17H15N7O2/c1-3-26-25(36)32-24-30-20-12-17(11-19(22(20)31-24)23-27-7-4-8-28-23)16-5-6-18(29-13-16)14-34-10-9-33(2)21(35)15-34;1-3-36-25(35)31-24-29-20-12-17(11-19(22(20)30-24)23-26-7-4-8-27-23)16-5-6-18(28-13-16)14-33-10-9-32(2)21(34)15-33;1-3-26-25(34)32-24-30-21-12-17(11-20(22(21)31-24)23-27-8-4-9-28-23)16-5-6-18(29-13-16)14-33-10-7-19(15-33)35-2;1-2-26-17(25)23-16-21-13-9-11(24-7-6-18-10-24)8-12(14(13)22-16)15-19-4-3-5-20-15/h4-8,11-13H,3,9-10,14-15H2,1-2H3,(H3,26,30,31,32,36);4-8,11-13H,3,9-10,14-15H2,1-2H3,(H2,29,30,31,35);4-6,8-9,11-13,19H,3,7,10,14-15H2,1-2H3,(H3,26,30,31,32,34);3-10H,2H2,1H3,(H2,21,22,23,25)/t;;19-;/m..1./s1. The van der Waals surface area contributed by atoms with Crippen molar-refractivity contribution in [2.75, 3.05) is 121 Å². The van der Waals surface area contributed by atoms with Crippen LogP contribution < -0.4 is 31.9 Å². The Morgan fingerprint density at radius 1 is 0.414 bits per heavy atom. The minimum Gasteiger partial charge on any atom is -0.450 e. The van der Waals surface area contributed by atoms with Gasteiger partial charge in [-0.15, -0.1) is 0 Å². The molecule has 0 saturated carbocycles. The summed E-state index contributed by atoms with van der Waals surface area (Å²) in [5.74, 6) is 3.64. The first-order valence-corrected chi connectivity index (χ1v) is 43.1. The van der Waals surface area contributed by atoms with E-state index in [0.29, 0.717) is 114 Å². The van der Waals surface area contributed by atoms with E-state index in [4.69, 9.17) is 19.2 Å². The van der Waals surface area contributed by atoms with Gasteiger partial charge in [0.05, 0.1) is 77.9 Å². The lowest BCUT2D eigenvalue weighted by Gasteiger charge is -2.31. The van der Waals surface area contributed by atoms with Crippen molar-refractivity contribution >= 4 is 104 Å². The topological polar surface area (TPSA) is 493 Å². The molecular formula is C92H96N32O9. The molecule has 8 amide bonds. The second kappa shape index (κ2) is 42.2. The highest BCUT2D eigenvalue weighted by atomic mass is 16.6. The summed E-state index contributed by atoms with van der Waals surface area (Å²) in [6, 6.07) is 34.2. The third-order valence-corrected chi connectivity index (χ3v) is 21.8. The van der Waals surface area contributed by atoms with Crippen molar-refractivity contribution < 1.29 is 43.0 Å². The van der Waals surface area contributed by atoms with E-state index in [1.54, 1.807) is 117 Å². The number of methoxy groups -OCH3 is 1. The van der Waals surface area contributed by atoms with Gasteiger partial charge < -0.3 is 59.1 Å². The number of urea groups is 2. The number of likely N-dealkylation sites (tertiary alicyclic amines) is 1. The number of imidazole rings is 5. The van der Waals surface area contributed by atoms with Gasteiger partial charge in [0, 0.05) is 218 Å². The summed E-state index contributed by atoms with van der Waals surface area (Å²) in [6.45, 7) is 16.6. The molecule has 3 fully saturated rings. The monoisotopic (exact) mass is 1790 g/mol. The Kier molecular flexibility index (Phi) is 28.6. The number of H-pyrrole nitrogens is 4. The minimum absolute atomic E-state index is 0.123. The van der Waals surface area contributed by atoms with E-state index in [1.807, 2.05) is 130 Å². The summed E-state index contributed by atoms with van der Waals surface area (Å²) in [5.41, 5.74) is 17.7. The number of fused-ring (bicyclic) bond motifs is 4. The molecule has 3 saturated heterocycles. The summed E-state index contributed by atoms with van der Waals surface area (Å²) < 4.78 is 17.2. The maximum Gasteiger partial charge on any atom is 0.413 e. The van der Waals surface area contributed by atoms with Crippen LogP contribution in [0.4, 0.5) is 43.0 Å². The molecule has 41 nitrogen and oxygen atoms in total. The molecule has 15 heterocycles. The Hall–Kier alpha value is -16.4. The molecule has 41 heteroatoms. The third kappa shape index (κ3) is 22.5. The van der Waals surface area contributed by atoms with Crippen molar-refractivity contribution in [2.45, 2.75) is 59.9 Å². The van der Waals surface area contributed by atoms with Crippen molar-refractivity contribution in [3.05, 3.63) is 213 Å². The van der Waals surface area contributed by atoms with E-state index in [0.717, 1.165) is 147 Å². The van der Waals surface area contributed by atoms with Gasteiger partial charge in [0.2, 0.25) is 35.6 Å². The molecule has 12 aromatic heterocycles. The van der Waals surface area contributed by atoms with Gasteiger partial charge in [0.25, 0.3) is 0 Å². The van der Waals surface area contributed by atoms with Crippen LogP contribution in [-0.4, -0.2) is 271 Å².